The topological polar surface area (TPSA) is 94.4 Å². The number of hydrogen-bond acceptors (Lipinski definition) is 6. The van der Waals surface area contributed by atoms with Crippen molar-refractivity contribution in [2.24, 2.45) is 5.73 Å². The lowest BCUT2D eigenvalue weighted by Crippen LogP contribution is -2.17. The predicted octanol–water partition coefficient (Wildman–Crippen LogP) is 0.141. The molecule has 0 aromatic carbocycles. The molecule has 16 heavy (non-hydrogen) atoms. The average molecular weight is 241 g/mol. The number of hydrogen-bond donors (Lipinski definition) is 2. The molecule has 0 saturated carbocycles. The van der Waals surface area contributed by atoms with Crippen molar-refractivity contribution < 1.29 is 27.5 Å². The van der Waals surface area contributed by atoms with Crippen molar-refractivity contribution in [1.29, 1.82) is 0 Å². The van der Waals surface area contributed by atoms with E-state index in [-0.39, 0.29) is 18.3 Å². The van der Waals surface area contributed by atoms with E-state index in [1.165, 1.54) is 0 Å². The van der Waals surface area contributed by atoms with Gasteiger partial charge in [-0.25, -0.2) is 0 Å². The number of aliphatic hydroxyl groups excluding tert-OH is 1. The first-order valence-corrected chi connectivity index (χ1v) is 4.27. The molecule has 0 bridgehead atoms. The van der Waals surface area contributed by atoms with Crippen molar-refractivity contribution >= 4 is 0 Å². The summed E-state index contributed by atoms with van der Waals surface area (Å²) in [4.78, 5) is 3.60. The van der Waals surface area contributed by atoms with Gasteiger partial charge < -0.3 is 20.1 Å². The van der Waals surface area contributed by atoms with Gasteiger partial charge >= 0.3 is 6.18 Å². The zero-order chi connectivity index (χ0) is 12.2. The molecule has 0 fully saturated rings. The first kappa shape index (κ1) is 12.9. The van der Waals surface area contributed by atoms with Crippen LogP contribution in [0, 0.1) is 0 Å². The van der Waals surface area contributed by atoms with E-state index in [1.54, 1.807) is 0 Å². The summed E-state index contributed by atoms with van der Waals surface area (Å²) in [5.41, 5.74) is 5.11. The number of nitrogens with zero attached hydrogens (tertiary/aromatic N) is 2. The van der Waals surface area contributed by atoms with Gasteiger partial charge in [0.05, 0.1) is 0 Å². The third-order valence-corrected chi connectivity index (χ3v) is 1.49. The van der Waals surface area contributed by atoms with Crippen LogP contribution in [0.2, 0.25) is 0 Å². The molecule has 0 aliphatic heterocycles. The van der Waals surface area contributed by atoms with Crippen LogP contribution in [0.5, 0.6) is 0 Å². The van der Waals surface area contributed by atoms with Gasteiger partial charge in [-0.15, -0.1) is 0 Å². The van der Waals surface area contributed by atoms with E-state index in [4.69, 9.17) is 10.8 Å². The monoisotopic (exact) mass is 241 g/mol. The van der Waals surface area contributed by atoms with E-state index in [0.29, 0.717) is 0 Å². The highest BCUT2D eigenvalue weighted by Crippen LogP contribution is 2.15. The van der Waals surface area contributed by atoms with E-state index in [0.717, 1.165) is 0 Å². The number of nitrogens with two attached hydrogens (primary N) is 1. The van der Waals surface area contributed by atoms with Crippen molar-refractivity contribution in [2.75, 3.05) is 13.2 Å². The van der Waals surface area contributed by atoms with Crippen LogP contribution in [-0.2, 0) is 11.3 Å². The Kier molecular flexibility index (Phi) is 4.21. The quantitative estimate of drug-likeness (QED) is 0.761. The molecule has 0 amide bonds. The number of aliphatic hydroxyl groups is 1. The Morgan fingerprint density at radius 1 is 1.50 bits per heavy atom. The van der Waals surface area contributed by atoms with Crippen LogP contribution in [-0.4, -0.2) is 34.6 Å². The fourth-order valence-corrected chi connectivity index (χ4v) is 0.820. The fraction of sp³-hybridized carbons (Fsp3) is 0.714. The second-order valence-electron chi connectivity index (χ2n) is 2.91. The molecule has 1 rings (SSSR count). The van der Waals surface area contributed by atoms with Crippen LogP contribution >= 0.6 is 0 Å². The molecule has 1 aromatic rings. The number of ether oxygens (including phenoxy) is 1. The number of alkyl halides is 3. The summed E-state index contributed by atoms with van der Waals surface area (Å²) in [6.07, 6.45) is -5.52. The van der Waals surface area contributed by atoms with Crippen LogP contribution in [0.3, 0.4) is 0 Å². The van der Waals surface area contributed by atoms with Gasteiger partial charge in [0.2, 0.25) is 0 Å². The Morgan fingerprint density at radius 3 is 2.75 bits per heavy atom. The number of halogens is 3. The Morgan fingerprint density at radius 2 is 2.19 bits per heavy atom. The Labute approximate surface area is 88.2 Å². The molecule has 1 heterocycles. The highest BCUT2D eigenvalue weighted by molar-refractivity contribution is 4.88. The fourth-order valence-electron chi connectivity index (χ4n) is 0.820. The average Bonchev–Trinajstić information content (AvgIpc) is 2.63. The molecule has 1 aromatic heterocycles. The molecule has 92 valence electrons. The first-order chi connectivity index (χ1) is 7.42. The van der Waals surface area contributed by atoms with Gasteiger partial charge in [0.1, 0.15) is 19.3 Å². The molecule has 6 nitrogen and oxygen atoms in total. The molecule has 9 heteroatoms. The van der Waals surface area contributed by atoms with Crippen LogP contribution in [0.1, 0.15) is 17.8 Å². The van der Waals surface area contributed by atoms with E-state index < -0.39 is 25.5 Å². The van der Waals surface area contributed by atoms with Crippen molar-refractivity contribution in [3.63, 3.8) is 0 Å². The standard InChI is InChI=1S/C7H10F3N3O3/c8-7(9,10)3-15-2-5-12-6(16-13-5)4(14)1-11/h4,14H,1-3,11H2/t4-/m0/s1. The highest BCUT2D eigenvalue weighted by Gasteiger charge is 2.27. The van der Waals surface area contributed by atoms with E-state index in [1.807, 2.05) is 0 Å². The maximum absolute atomic E-state index is 11.7. The third-order valence-electron chi connectivity index (χ3n) is 1.49. The highest BCUT2D eigenvalue weighted by atomic mass is 19.4. The normalized spacial score (nSPS) is 14.1. The van der Waals surface area contributed by atoms with Crippen molar-refractivity contribution in [2.45, 2.75) is 18.9 Å². The third kappa shape index (κ3) is 4.13. The zero-order valence-electron chi connectivity index (χ0n) is 8.07. The zero-order valence-corrected chi connectivity index (χ0v) is 8.07. The predicted molar refractivity (Wildman–Crippen MR) is 44.0 cm³/mol. The second kappa shape index (κ2) is 5.23. The lowest BCUT2D eigenvalue weighted by atomic mass is 10.4. The molecule has 0 aliphatic rings. The molecule has 1 atom stereocenters. The molecule has 3 N–H and O–H groups in total. The smallest absolute Gasteiger partial charge is 0.382 e. The minimum atomic E-state index is -4.40. The SMILES string of the molecule is NC[C@H](O)c1nc(COCC(F)(F)F)no1. The molecular weight excluding hydrogens is 231 g/mol. The van der Waals surface area contributed by atoms with Gasteiger partial charge in [0, 0.05) is 6.54 Å². The maximum Gasteiger partial charge on any atom is 0.411 e. The van der Waals surface area contributed by atoms with Crippen molar-refractivity contribution in [3.05, 3.63) is 11.7 Å². The second-order valence-corrected chi connectivity index (χ2v) is 2.91. The molecule has 0 saturated heterocycles. The van der Waals surface area contributed by atoms with E-state index >= 15 is 0 Å². The van der Waals surface area contributed by atoms with E-state index in [2.05, 4.69) is 19.4 Å². The van der Waals surface area contributed by atoms with Crippen molar-refractivity contribution in [1.82, 2.24) is 10.1 Å². The van der Waals surface area contributed by atoms with Gasteiger partial charge in [-0.2, -0.15) is 18.2 Å². The minimum Gasteiger partial charge on any atom is -0.382 e. The van der Waals surface area contributed by atoms with Gasteiger partial charge in [0.15, 0.2) is 5.82 Å². The Hall–Kier alpha value is -1.19. The molecule has 0 spiro atoms. The van der Waals surface area contributed by atoms with Gasteiger partial charge in [-0.1, -0.05) is 5.16 Å². The summed E-state index contributed by atoms with van der Waals surface area (Å²) in [5.74, 6) is -0.222. The van der Waals surface area contributed by atoms with Gasteiger partial charge in [-0.05, 0) is 0 Å². The number of aromatic nitrogens is 2. The van der Waals surface area contributed by atoms with E-state index in [9.17, 15) is 13.2 Å². The summed E-state index contributed by atoms with van der Waals surface area (Å²) < 4.78 is 43.9. The molecule has 0 radical (unpaired) electrons. The summed E-state index contributed by atoms with van der Waals surface area (Å²) in [5, 5.41) is 12.5. The van der Waals surface area contributed by atoms with Crippen LogP contribution in [0.25, 0.3) is 0 Å². The van der Waals surface area contributed by atoms with Gasteiger partial charge in [0.25, 0.3) is 5.89 Å². The number of rotatable bonds is 5. The summed E-state index contributed by atoms with van der Waals surface area (Å²) in [7, 11) is 0. The van der Waals surface area contributed by atoms with Crippen molar-refractivity contribution in [3.8, 4) is 0 Å². The lowest BCUT2D eigenvalue weighted by Gasteiger charge is -2.04. The maximum atomic E-state index is 11.7. The van der Waals surface area contributed by atoms with Crippen LogP contribution in [0.4, 0.5) is 13.2 Å². The minimum absolute atomic E-state index is 0.0771. The Bertz CT molecular complexity index is 328. The Balaban J connectivity index is 2.41. The molecular formula is C7H10F3N3O3. The summed E-state index contributed by atoms with van der Waals surface area (Å²) in [6, 6.07) is 0. The first-order valence-electron chi connectivity index (χ1n) is 4.27. The summed E-state index contributed by atoms with van der Waals surface area (Å²) >= 11 is 0. The van der Waals surface area contributed by atoms with Crippen LogP contribution in [0.15, 0.2) is 4.52 Å². The molecule has 0 unspecified atom stereocenters. The largest absolute Gasteiger partial charge is 0.411 e. The lowest BCUT2D eigenvalue weighted by molar-refractivity contribution is -0.177. The van der Waals surface area contributed by atoms with Gasteiger partial charge in [-0.3, -0.25) is 0 Å². The summed E-state index contributed by atoms with van der Waals surface area (Å²) in [6.45, 7) is -1.96. The molecule has 0 aliphatic carbocycles. The van der Waals surface area contributed by atoms with Crippen LogP contribution < -0.4 is 5.73 Å².